The molecule has 5 heteroatoms. The number of carbonyl (C=O) groups is 1. The first-order valence-electron chi connectivity index (χ1n) is 5.49. The van der Waals surface area contributed by atoms with E-state index in [1.165, 1.54) is 0 Å². The molecular weight excluding hydrogens is 292 g/mol. The van der Waals surface area contributed by atoms with Crippen molar-refractivity contribution in [3.63, 3.8) is 0 Å². The zero-order chi connectivity index (χ0) is 12.8. The first-order valence-corrected chi connectivity index (χ1v) is 6.28. The Labute approximate surface area is 108 Å². The second-order valence-electron chi connectivity index (χ2n) is 3.71. The number of hydrogen-bond donors (Lipinski definition) is 1. The van der Waals surface area contributed by atoms with Crippen molar-refractivity contribution in [1.82, 2.24) is 5.32 Å². The van der Waals surface area contributed by atoms with E-state index < -0.39 is 23.1 Å². The van der Waals surface area contributed by atoms with Gasteiger partial charge < -0.3 is 5.32 Å². The average molecular weight is 306 g/mol. The molecule has 0 aliphatic rings. The molecule has 0 aliphatic carbocycles. The van der Waals surface area contributed by atoms with Crippen LogP contribution in [0.15, 0.2) is 16.6 Å². The summed E-state index contributed by atoms with van der Waals surface area (Å²) in [5.41, 5.74) is -0.523. The van der Waals surface area contributed by atoms with Gasteiger partial charge in [0.2, 0.25) is 0 Å². The van der Waals surface area contributed by atoms with Crippen molar-refractivity contribution >= 4 is 21.8 Å². The maximum atomic E-state index is 13.4. The topological polar surface area (TPSA) is 29.1 Å². The van der Waals surface area contributed by atoms with Gasteiger partial charge in [-0.1, -0.05) is 35.7 Å². The van der Waals surface area contributed by atoms with Crippen LogP contribution in [0.2, 0.25) is 0 Å². The summed E-state index contributed by atoms with van der Waals surface area (Å²) in [5, 5.41) is 2.50. The van der Waals surface area contributed by atoms with Crippen LogP contribution in [0.4, 0.5) is 8.78 Å². The molecule has 1 rings (SSSR count). The zero-order valence-corrected chi connectivity index (χ0v) is 11.1. The normalized spacial score (nSPS) is 10.4. The third-order valence-electron chi connectivity index (χ3n) is 2.30. The highest BCUT2D eigenvalue weighted by atomic mass is 79.9. The van der Waals surface area contributed by atoms with E-state index in [0.717, 1.165) is 31.4 Å². The predicted molar refractivity (Wildman–Crippen MR) is 65.9 cm³/mol. The summed E-state index contributed by atoms with van der Waals surface area (Å²) in [7, 11) is 0. The lowest BCUT2D eigenvalue weighted by Gasteiger charge is -2.07. The Balaban J connectivity index is 2.69. The minimum absolute atomic E-state index is 0.273. The highest BCUT2D eigenvalue weighted by Crippen LogP contribution is 2.19. The van der Waals surface area contributed by atoms with E-state index in [9.17, 15) is 13.6 Å². The molecule has 0 heterocycles. The summed E-state index contributed by atoms with van der Waals surface area (Å²) in [6.07, 6.45) is 2.81. The van der Waals surface area contributed by atoms with Gasteiger partial charge in [0.25, 0.3) is 5.91 Å². The molecule has 0 atom stereocenters. The van der Waals surface area contributed by atoms with Gasteiger partial charge in [0, 0.05) is 11.0 Å². The third kappa shape index (κ3) is 4.07. The van der Waals surface area contributed by atoms with Crippen molar-refractivity contribution in [1.29, 1.82) is 0 Å². The molecule has 0 aromatic heterocycles. The highest BCUT2D eigenvalue weighted by Gasteiger charge is 2.17. The van der Waals surface area contributed by atoms with Crippen LogP contribution in [0.5, 0.6) is 0 Å². The first kappa shape index (κ1) is 14.1. The molecule has 0 saturated heterocycles. The molecule has 0 unspecified atom stereocenters. The smallest absolute Gasteiger partial charge is 0.257 e. The number of amides is 1. The molecule has 0 radical (unpaired) electrons. The fraction of sp³-hybridized carbons (Fsp3) is 0.417. The number of halogens is 3. The fourth-order valence-corrected chi connectivity index (χ4v) is 1.83. The summed E-state index contributed by atoms with van der Waals surface area (Å²) < 4.78 is 27.1. The highest BCUT2D eigenvalue weighted by molar-refractivity contribution is 9.10. The van der Waals surface area contributed by atoms with E-state index in [2.05, 4.69) is 21.2 Å². The lowest BCUT2D eigenvalue weighted by atomic mass is 10.2. The van der Waals surface area contributed by atoms with E-state index >= 15 is 0 Å². The van der Waals surface area contributed by atoms with Crippen molar-refractivity contribution in [2.24, 2.45) is 0 Å². The Hall–Kier alpha value is -0.970. The minimum atomic E-state index is -0.857. The molecule has 0 bridgehead atoms. The van der Waals surface area contributed by atoms with Gasteiger partial charge in [-0.2, -0.15) is 0 Å². The molecule has 2 nitrogen and oxygen atoms in total. The van der Waals surface area contributed by atoms with Crippen molar-refractivity contribution in [3.8, 4) is 0 Å². The maximum absolute atomic E-state index is 13.4. The number of carbonyl (C=O) groups excluding carboxylic acids is 1. The van der Waals surface area contributed by atoms with Gasteiger partial charge in [-0.15, -0.1) is 0 Å². The van der Waals surface area contributed by atoms with Gasteiger partial charge in [0.1, 0.15) is 17.2 Å². The van der Waals surface area contributed by atoms with Gasteiger partial charge in [-0.3, -0.25) is 4.79 Å². The van der Waals surface area contributed by atoms with E-state index in [1.54, 1.807) is 0 Å². The number of rotatable bonds is 5. The molecule has 0 saturated carbocycles. The van der Waals surface area contributed by atoms with Crippen molar-refractivity contribution in [2.75, 3.05) is 6.54 Å². The van der Waals surface area contributed by atoms with Crippen molar-refractivity contribution in [2.45, 2.75) is 26.2 Å². The van der Waals surface area contributed by atoms with Gasteiger partial charge in [-0.05, 0) is 18.6 Å². The molecule has 1 N–H and O–H groups in total. The average Bonchev–Trinajstić information content (AvgIpc) is 2.23. The summed E-state index contributed by atoms with van der Waals surface area (Å²) in [6.45, 7) is 2.47. The van der Waals surface area contributed by atoms with Crippen LogP contribution in [0.25, 0.3) is 0 Å². The molecule has 17 heavy (non-hydrogen) atoms. The number of hydrogen-bond acceptors (Lipinski definition) is 1. The first-order chi connectivity index (χ1) is 8.06. The summed E-state index contributed by atoms with van der Waals surface area (Å²) in [5.74, 6) is -2.42. The van der Waals surface area contributed by atoms with Gasteiger partial charge in [-0.25, -0.2) is 8.78 Å². The van der Waals surface area contributed by atoms with Gasteiger partial charge in [0.15, 0.2) is 0 Å². The molecule has 0 spiro atoms. The summed E-state index contributed by atoms with van der Waals surface area (Å²) in [4.78, 5) is 11.6. The van der Waals surface area contributed by atoms with Gasteiger partial charge >= 0.3 is 0 Å². The van der Waals surface area contributed by atoms with Crippen LogP contribution in [0.3, 0.4) is 0 Å². The lowest BCUT2D eigenvalue weighted by Crippen LogP contribution is -2.26. The van der Waals surface area contributed by atoms with Crippen molar-refractivity contribution < 1.29 is 13.6 Å². The van der Waals surface area contributed by atoms with Crippen LogP contribution in [-0.2, 0) is 0 Å². The molecule has 1 aromatic carbocycles. The van der Waals surface area contributed by atoms with Crippen LogP contribution >= 0.6 is 15.9 Å². The summed E-state index contributed by atoms with van der Waals surface area (Å²) >= 11 is 2.96. The molecule has 1 aromatic rings. The number of nitrogens with one attached hydrogen (secondary N) is 1. The maximum Gasteiger partial charge on any atom is 0.257 e. The van der Waals surface area contributed by atoms with E-state index in [1.807, 2.05) is 6.92 Å². The molecule has 1 amide bonds. The molecule has 0 fully saturated rings. The quantitative estimate of drug-likeness (QED) is 0.827. The second-order valence-corrected chi connectivity index (χ2v) is 4.62. The predicted octanol–water partition coefficient (Wildman–Crippen LogP) is 3.65. The Morgan fingerprint density at radius 2 is 1.88 bits per heavy atom. The Kier molecular flexibility index (Phi) is 5.55. The van der Waals surface area contributed by atoms with E-state index in [-0.39, 0.29) is 4.47 Å². The van der Waals surface area contributed by atoms with Crippen LogP contribution in [0.1, 0.15) is 36.5 Å². The minimum Gasteiger partial charge on any atom is -0.352 e. The number of benzene rings is 1. The van der Waals surface area contributed by atoms with Crippen LogP contribution in [0, 0.1) is 11.6 Å². The fourth-order valence-electron chi connectivity index (χ4n) is 1.42. The Morgan fingerprint density at radius 1 is 1.29 bits per heavy atom. The van der Waals surface area contributed by atoms with E-state index in [4.69, 9.17) is 0 Å². The number of unbranched alkanes of at least 4 members (excludes halogenated alkanes) is 2. The third-order valence-corrected chi connectivity index (χ3v) is 2.76. The van der Waals surface area contributed by atoms with Crippen LogP contribution < -0.4 is 5.32 Å². The monoisotopic (exact) mass is 305 g/mol. The zero-order valence-electron chi connectivity index (χ0n) is 9.53. The van der Waals surface area contributed by atoms with Gasteiger partial charge in [0.05, 0.1) is 0 Å². The molecule has 0 aliphatic heterocycles. The van der Waals surface area contributed by atoms with Crippen LogP contribution in [-0.4, -0.2) is 12.5 Å². The second kappa shape index (κ2) is 6.69. The summed E-state index contributed by atoms with van der Waals surface area (Å²) in [6, 6.07) is 2.15. The molecular formula is C12H14BrF2NO. The SMILES string of the molecule is CCCCCNC(=O)c1c(F)cc(Br)cc1F. The van der Waals surface area contributed by atoms with Crippen molar-refractivity contribution in [3.05, 3.63) is 33.8 Å². The van der Waals surface area contributed by atoms with E-state index in [0.29, 0.717) is 6.54 Å². The lowest BCUT2D eigenvalue weighted by molar-refractivity contribution is 0.0944. The Bertz CT molecular complexity index is 386. The Morgan fingerprint density at radius 3 is 2.41 bits per heavy atom. The standard InChI is InChI=1S/C12H14BrF2NO/c1-2-3-4-5-16-12(17)11-9(14)6-8(13)7-10(11)15/h6-7H,2-5H2,1H3,(H,16,17). The largest absolute Gasteiger partial charge is 0.352 e. The molecule has 94 valence electrons.